The standard InChI is InChI=1S/C29H23ClN2O5/c1-3-23(27(33)31-22-16-18(30)14-15-24(22)35-2)37-29(34)20-11-7-9-17-8-6-10-19(26(17)20)28-32-21-12-4-5-13-25(21)36-28/h4-16,23H,3H2,1-2H3,(H,31,33). The molecule has 0 saturated carbocycles. The Hall–Kier alpha value is -4.36. The number of carbonyl (C=O) groups is 2. The van der Waals surface area contributed by atoms with Gasteiger partial charge in [0.05, 0.1) is 18.4 Å². The van der Waals surface area contributed by atoms with Crippen molar-refractivity contribution < 1.29 is 23.5 Å². The summed E-state index contributed by atoms with van der Waals surface area (Å²) < 4.78 is 17.0. The largest absolute Gasteiger partial charge is 0.495 e. The monoisotopic (exact) mass is 514 g/mol. The molecule has 0 radical (unpaired) electrons. The number of nitrogens with one attached hydrogen (secondary N) is 1. The van der Waals surface area contributed by atoms with Crippen LogP contribution >= 0.6 is 11.6 Å². The molecule has 1 unspecified atom stereocenters. The van der Waals surface area contributed by atoms with E-state index in [1.54, 1.807) is 37.3 Å². The van der Waals surface area contributed by atoms with Crippen LogP contribution in [0.3, 0.4) is 0 Å². The van der Waals surface area contributed by atoms with Crippen LogP contribution in [0.1, 0.15) is 23.7 Å². The fourth-order valence-electron chi connectivity index (χ4n) is 4.18. The molecule has 1 heterocycles. The lowest BCUT2D eigenvalue weighted by molar-refractivity contribution is -0.124. The molecule has 1 amide bonds. The Morgan fingerprint density at radius 2 is 1.81 bits per heavy atom. The van der Waals surface area contributed by atoms with E-state index in [1.165, 1.54) is 7.11 Å². The van der Waals surface area contributed by atoms with Gasteiger partial charge in [0.2, 0.25) is 5.89 Å². The number of carbonyl (C=O) groups excluding carboxylic acids is 2. The zero-order valence-electron chi connectivity index (χ0n) is 20.2. The number of oxazole rings is 1. The van der Waals surface area contributed by atoms with Gasteiger partial charge in [-0.25, -0.2) is 9.78 Å². The number of halogens is 1. The maximum atomic E-state index is 13.4. The number of benzene rings is 4. The summed E-state index contributed by atoms with van der Waals surface area (Å²) in [5.41, 5.74) is 2.71. The summed E-state index contributed by atoms with van der Waals surface area (Å²) in [6.45, 7) is 1.76. The third-order valence-electron chi connectivity index (χ3n) is 5.98. The lowest BCUT2D eigenvalue weighted by atomic mass is 9.99. The quantitative estimate of drug-likeness (QED) is 0.238. The summed E-state index contributed by atoms with van der Waals surface area (Å²) >= 11 is 6.08. The van der Waals surface area contributed by atoms with Crippen molar-refractivity contribution in [1.82, 2.24) is 4.98 Å². The highest BCUT2D eigenvalue weighted by Crippen LogP contribution is 2.33. The van der Waals surface area contributed by atoms with E-state index in [1.807, 2.05) is 48.5 Å². The van der Waals surface area contributed by atoms with Gasteiger partial charge in [-0.15, -0.1) is 0 Å². The molecule has 0 spiro atoms. The van der Waals surface area contributed by atoms with Gasteiger partial charge in [0, 0.05) is 16.0 Å². The Balaban J connectivity index is 1.47. The van der Waals surface area contributed by atoms with Crippen LogP contribution in [-0.2, 0) is 9.53 Å². The predicted molar refractivity (Wildman–Crippen MR) is 143 cm³/mol. The minimum absolute atomic E-state index is 0.267. The number of aromatic nitrogens is 1. The van der Waals surface area contributed by atoms with Crippen molar-refractivity contribution in [1.29, 1.82) is 0 Å². The first-order valence-corrected chi connectivity index (χ1v) is 12.1. The molecule has 8 heteroatoms. The Bertz CT molecular complexity index is 1590. The Morgan fingerprint density at radius 1 is 1.03 bits per heavy atom. The second-order valence-electron chi connectivity index (χ2n) is 8.33. The number of hydrogen-bond donors (Lipinski definition) is 1. The molecule has 0 aliphatic carbocycles. The number of rotatable bonds is 7. The van der Waals surface area contributed by atoms with Crippen LogP contribution in [0, 0.1) is 0 Å². The molecule has 5 rings (SSSR count). The SMILES string of the molecule is CCC(OC(=O)c1cccc2cccc(-c3nc4ccccc4o3)c12)C(=O)Nc1cc(Cl)ccc1OC. The topological polar surface area (TPSA) is 90.7 Å². The lowest BCUT2D eigenvalue weighted by Gasteiger charge is -2.18. The minimum atomic E-state index is -1.04. The predicted octanol–water partition coefficient (Wildman–Crippen LogP) is 6.88. The van der Waals surface area contributed by atoms with Gasteiger partial charge in [0.25, 0.3) is 5.91 Å². The smallest absolute Gasteiger partial charge is 0.339 e. The van der Waals surface area contributed by atoms with Crippen molar-refractivity contribution in [2.45, 2.75) is 19.4 Å². The molecular formula is C29H23ClN2O5. The van der Waals surface area contributed by atoms with Crippen LogP contribution in [-0.4, -0.2) is 30.1 Å². The van der Waals surface area contributed by atoms with Gasteiger partial charge in [-0.1, -0.05) is 54.9 Å². The highest BCUT2D eigenvalue weighted by Gasteiger charge is 2.25. The van der Waals surface area contributed by atoms with Crippen molar-refractivity contribution in [3.63, 3.8) is 0 Å². The first-order valence-electron chi connectivity index (χ1n) is 11.7. The zero-order chi connectivity index (χ0) is 25.9. The molecule has 0 saturated heterocycles. The fourth-order valence-corrected chi connectivity index (χ4v) is 4.35. The molecule has 1 aromatic heterocycles. The van der Waals surface area contributed by atoms with Crippen molar-refractivity contribution in [2.75, 3.05) is 12.4 Å². The van der Waals surface area contributed by atoms with E-state index in [2.05, 4.69) is 10.3 Å². The Kier molecular flexibility index (Phi) is 6.79. The molecule has 0 fully saturated rings. The van der Waals surface area contributed by atoms with E-state index in [-0.39, 0.29) is 6.42 Å². The van der Waals surface area contributed by atoms with E-state index in [4.69, 9.17) is 25.5 Å². The average Bonchev–Trinajstić information content (AvgIpc) is 3.35. The molecule has 4 aromatic carbocycles. The number of para-hydroxylation sites is 2. The van der Waals surface area contributed by atoms with Gasteiger partial charge in [-0.3, -0.25) is 4.79 Å². The van der Waals surface area contributed by atoms with Crippen molar-refractivity contribution in [3.05, 3.63) is 89.4 Å². The maximum absolute atomic E-state index is 13.4. The number of amides is 1. The number of nitrogens with zero attached hydrogens (tertiary/aromatic N) is 1. The molecule has 0 aliphatic heterocycles. The van der Waals surface area contributed by atoms with E-state index >= 15 is 0 Å². The normalized spacial score (nSPS) is 11.9. The number of ether oxygens (including phenoxy) is 2. The number of fused-ring (bicyclic) bond motifs is 2. The van der Waals surface area contributed by atoms with Crippen LogP contribution in [0.25, 0.3) is 33.3 Å². The van der Waals surface area contributed by atoms with Gasteiger partial charge < -0.3 is 19.2 Å². The first-order chi connectivity index (χ1) is 18.0. The summed E-state index contributed by atoms with van der Waals surface area (Å²) in [5, 5.41) is 4.63. The summed E-state index contributed by atoms with van der Waals surface area (Å²) in [4.78, 5) is 31.1. The van der Waals surface area contributed by atoms with Crippen molar-refractivity contribution in [2.24, 2.45) is 0 Å². The highest BCUT2D eigenvalue weighted by molar-refractivity contribution is 6.31. The van der Waals surface area contributed by atoms with Gasteiger partial charge >= 0.3 is 5.97 Å². The van der Waals surface area contributed by atoms with Crippen LogP contribution in [0.15, 0.2) is 83.3 Å². The van der Waals surface area contributed by atoms with E-state index < -0.39 is 18.0 Å². The van der Waals surface area contributed by atoms with Crippen LogP contribution < -0.4 is 10.1 Å². The third kappa shape index (κ3) is 4.86. The van der Waals surface area contributed by atoms with E-state index in [0.717, 1.165) is 5.39 Å². The first kappa shape index (κ1) is 24.3. The summed E-state index contributed by atoms with van der Waals surface area (Å²) in [5.74, 6) is -0.286. The fraction of sp³-hybridized carbons (Fsp3) is 0.138. The van der Waals surface area contributed by atoms with E-state index in [9.17, 15) is 9.59 Å². The molecular weight excluding hydrogens is 492 g/mol. The number of methoxy groups -OCH3 is 1. The van der Waals surface area contributed by atoms with Gasteiger partial charge in [-0.05, 0) is 54.3 Å². The van der Waals surface area contributed by atoms with E-state index in [0.29, 0.717) is 50.0 Å². The second-order valence-corrected chi connectivity index (χ2v) is 8.77. The number of esters is 1. The highest BCUT2D eigenvalue weighted by atomic mass is 35.5. The molecule has 1 N–H and O–H groups in total. The van der Waals surface area contributed by atoms with Crippen molar-refractivity contribution in [3.8, 4) is 17.2 Å². The summed E-state index contributed by atoms with van der Waals surface area (Å²) in [7, 11) is 1.49. The average molecular weight is 515 g/mol. The molecule has 7 nitrogen and oxygen atoms in total. The van der Waals surface area contributed by atoms with Crippen molar-refractivity contribution >= 4 is 51.0 Å². The van der Waals surface area contributed by atoms with Crippen LogP contribution in [0.5, 0.6) is 5.75 Å². The second kappa shape index (κ2) is 10.3. The zero-order valence-corrected chi connectivity index (χ0v) is 20.9. The summed E-state index contributed by atoms with van der Waals surface area (Å²) in [6, 6.07) is 23.3. The number of anilines is 1. The molecule has 186 valence electrons. The molecule has 37 heavy (non-hydrogen) atoms. The minimum Gasteiger partial charge on any atom is -0.495 e. The number of hydrogen-bond acceptors (Lipinski definition) is 6. The summed E-state index contributed by atoms with van der Waals surface area (Å²) in [6.07, 6.45) is -0.772. The van der Waals surface area contributed by atoms with Crippen LogP contribution in [0.4, 0.5) is 5.69 Å². The maximum Gasteiger partial charge on any atom is 0.339 e. The Labute approximate surface area is 218 Å². The molecule has 1 atom stereocenters. The third-order valence-corrected chi connectivity index (χ3v) is 6.22. The lowest BCUT2D eigenvalue weighted by Crippen LogP contribution is -2.32. The molecule has 0 aliphatic rings. The van der Waals surface area contributed by atoms with Gasteiger partial charge in [0.1, 0.15) is 11.3 Å². The molecule has 5 aromatic rings. The van der Waals surface area contributed by atoms with Gasteiger partial charge in [0.15, 0.2) is 11.7 Å². The van der Waals surface area contributed by atoms with Crippen LogP contribution in [0.2, 0.25) is 5.02 Å². The van der Waals surface area contributed by atoms with Gasteiger partial charge in [-0.2, -0.15) is 0 Å². The Morgan fingerprint density at radius 3 is 2.57 bits per heavy atom. The molecule has 0 bridgehead atoms.